The number of methoxy groups -OCH3 is 1. The molecule has 2 rings (SSSR count). The maximum Gasteiger partial charge on any atom is 0.224 e. The smallest absolute Gasteiger partial charge is 0.224 e. The number of ether oxygens (including phenoxy) is 1. The molecule has 0 atom stereocenters. The number of ketones is 2. The zero-order valence-corrected chi connectivity index (χ0v) is 10.9. The third-order valence-electron chi connectivity index (χ3n) is 2.79. The van der Waals surface area contributed by atoms with Crippen molar-refractivity contribution in [1.29, 1.82) is 0 Å². The molecule has 0 saturated carbocycles. The lowest BCUT2D eigenvalue weighted by atomic mass is 10.0. The first-order valence-electron chi connectivity index (χ1n) is 5.97. The molecule has 0 unspecified atom stereocenters. The minimum absolute atomic E-state index is 0.128. The van der Waals surface area contributed by atoms with E-state index >= 15 is 0 Å². The molecular weight excluding hydrogens is 258 g/mol. The fraction of sp³-hybridized carbons (Fsp3) is 0.133. The van der Waals surface area contributed by atoms with Crippen LogP contribution >= 0.6 is 0 Å². The lowest BCUT2D eigenvalue weighted by Gasteiger charge is -2.06. The Morgan fingerprint density at radius 1 is 1.10 bits per heavy atom. The molecule has 0 saturated heterocycles. The Balaban J connectivity index is 2.20. The van der Waals surface area contributed by atoms with Crippen LogP contribution in [0.25, 0.3) is 0 Å². The molecule has 0 fully saturated rings. The monoisotopic (exact) mass is 271 g/mol. The summed E-state index contributed by atoms with van der Waals surface area (Å²) in [5, 5.41) is 9.60. The van der Waals surface area contributed by atoms with Gasteiger partial charge in [0.25, 0.3) is 0 Å². The van der Waals surface area contributed by atoms with E-state index in [0.29, 0.717) is 0 Å². The molecule has 1 N–H and O–H groups in total. The summed E-state index contributed by atoms with van der Waals surface area (Å²) in [4.78, 5) is 28.0. The van der Waals surface area contributed by atoms with Crippen molar-refractivity contribution >= 4 is 11.6 Å². The number of carbonyl (C=O) groups excluding carboxylic acids is 2. The average Bonchev–Trinajstić information content (AvgIpc) is 2.47. The Kier molecular flexibility index (Phi) is 4.10. The molecule has 1 heterocycles. The summed E-state index contributed by atoms with van der Waals surface area (Å²) in [5.74, 6) is -0.798. The Hall–Kier alpha value is -2.69. The van der Waals surface area contributed by atoms with Crippen molar-refractivity contribution in [3.05, 3.63) is 53.7 Å². The Labute approximate surface area is 115 Å². The maximum absolute atomic E-state index is 12.1. The molecule has 1 aromatic carbocycles. The van der Waals surface area contributed by atoms with Crippen molar-refractivity contribution in [1.82, 2.24) is 4.98 Å². The van der Waals surface area contributed by atoms with E-state index in [-0.39, 0.29) is 29.2 Å². The van der Waals surface area contributed by atoms with Crippen molar-refractivity contribution < 1.29 is 19.4 Å². The van der Waals surface area contributed by atoms with Gasteiger partial charge in [0.15, 0.2) is 11.6 Å². The van der Waals surface area contributed by atoms with E-state index in [1.54, 1.807) is 24.3 Å². The predicted octanol–water partition coefficient (Wildman–Crippen LogP) is 2.25. The summed E-state index contributed by atoms with van der Waals surface area (Å²) >= 11 is 0. The molecule has 0 bridgehead atoms. The molecule has 0 spiro atoms. The molecule has 20 heavy (non-hydrogen) atoms. The quantitative estimate of drug-likeness (QED) is 0.666. The molecule has 0 aliphatic rings. The van der Waals surface area contributed by atoms with Crippen LogP contribution in [0.1, 0.15) is 27.1 Å². The number of phenolic OH excluding ortho intramolecular Hbond substituents is 1. The Morgan fingerprint density at radius 2 is 1.75 bits per heavy atom. The number of para-hydroxylation sites is 1. The summed E-state index contributed by atoms with van der Waals surface area (Å²) < 4.78 is 4.98. The van der Waals surface area contributed by atoms with Crippen LogP contribution in [0.15, 0.2) is 42.6 Å². The first-order chi connectivity index (χ1) is 9.63. The zero-order valence-electron chi connectivity index (χ0n) is 10.9. The number of aromatic hydroxyl groups is 1. The second kappa shape index (κ2) is 5.97. The molecule has 102 valence electrons. The van der Waals surface area contributed by atoms with E-state index in [4.69, 9.17) is 4.74 Å². The molecule has 2 aromatic rings. The number of nitrogens with zero attached hydrogens (tertiary/aromatic N) is 1. The maximum atomic E-state index is 12.1. The largest absolute Gasteiger partial charge is 0.507 e. The summed E-state index contributed by atoms with van der Waals surface area (Å²) in [6.45, 7) is 0. The van der Waals surface area contributed by atoms with Crippen LogP contribution in [0.2, 0.25) is 0 Å². The van der Waals surface area contributed by atoms with Crippen LogP contribution in [0.3, 0.4) is 0 Å². The molecule has 0 aliphatic heterocycles. The molecule has 0 aliphatic carbocycles. The lowest BCUT2D eigenvalue weighted by molar-refractivity contribution is 0.0891. The highest BCUT2D eigenvalue weighted by Gasteiger charge is 2.19. The molecule has 0 radical (unpaired) electrons. The number of hydrogen-bond acceptors (Lipinski definition) is 5. The molecule has 1 aromatic heterocycles. The van der Waals surface area contributed by atoms with E-state index in [1.165, 1.54) is 25.4 Å². The van der Waals surface area contributed by atoms with Gasteiger partial charge in [-0.15, -0.1) is 0 Å². The van der Waals surface area contributed by atoms with E-state index in [1.807, 2.05) is 0 Å². The second-order valence-corrected chi connectivity index (χ2v) is 4.10. The Bertz CT molecular complexity index is 652. The Morgan fingerprint density at radius 3 is 2.45 bits per heavy atom. The average molecular weight is 271 g/mol. The van der Waals surface area contributed by atoms with Gasteiger partial charge in [0.05, 0.1) is 24.7 Å². The number of carbonyl (C=O) groups is 2. The predicted molar refractivity (Wildman–Crippen MR) is 72.2 cm³/mol. The van der Waals surface area contributed by atoms with E-state index in [0.717, 1.165) is 0 Å². The number of aromatic nitrogens is 1. The number of benzene rings is 1. The zero-order chi connectivity index (χ0) is 14.5. The highest BCUT2D eigenvalue weighted by atomic mass is 16.5. The third kappa shape index (κ3) is 2.83. The fourth-order valence-electron chi connectivity index (χ4n) is 1.81. The van der Waals surface area contributed by atoms with E-state index in [9.17, 15) is 14.7 Å². The van der Waals surface area contributed by atoms with E-state index < -0.39 is 11.6 Å². The van der Waals surface area contributed by atoms with Gasteiger partial charge in [0.1, 0.15) is 5.75 Å². The highest BCUT2D eigenvalue weighted by molar-refractivity contribution is 6.15. The van der Waals surface area contributed by atoms with Crippen molar-refractivity contribution in [2.24, 2.45) is 0 Å². The number of hydrogen-bond donors (Lipinski definition) is 1. The lowest BCUT2D eigenvalue weighted by Crippen LogP contribution is -2.10. The molecular formula is C15H13NO4. The topological polar surface area (TPSA) is 76.5 Å². The summed E-state index contributed by atoms with van der Waals surface area (Å²) in [7, 11) is 1.41. The van der Waals surface area contributed by atoms with Gasteiger partial charge >= 0.3 is 0 Å². The first-order valence-corrected chi connectivity index (χ1v) is 5.97. The van der Waals surface area contributed by atoms with Crippen molar-refractivity contribution in [2.75, 3.05) is 7.11 Å². The third-order valence-corrected chi connectivity index (χ3v) is 2.79. The molecule has 0 amide bonds. The summed E-state index contributed by atoms with van der Waals surface area (Å²) in [6, 6.07) is 9.26. The highest BCUT2D eigenvalue weighted by Crippen LogP contribution is 2.20. The summed E-state index contributed by atoms with van der Waals surface area (Å²) in [6.07, 6.45) is 1.15. The van der Waals surface area contributed by atoms with Crippen molar-refractivity contribution in [2.45, 2.75) is 6.42 Å². The minimum atomic E-state index is -0.445. The van der Waals surface area contributed by atoms with Gasteiger partial charge < -0.3 is 9.84 Å². The van der Waals surface area contributed by atoms with Gasteiger partial charge in [-0.3, -0.25) is 9.59 Å². The van der Waals surface area contributed by atoms with Crippen LogP contribution in [0, 0.1) is 0 Å². The molecule has 5 nitrogen and oxygen atoms in total. The number of pyridine rings is 1. The molecule has 5 heteroatoms. The minimum Gasteiger partial charge on any atom is -0.507 e. The van der Waals surface area contributed by atoms with Gasteiger partial charge in [-0.05, 0) is 24.3 Å². The van der Waals surface area contributed by atoms with E-state index in [2.05, 4.69) is 4.98 Å². The number of Topliss-reactive ketones (excluding diaryl/α,β-unsaturated/α-hetero) is 2. The fourth-order valence-corrected chi connectivity index (χ4v) is 1.81. The van der Waals surface area contributed by atoms with Gasteiger partial charge in [0, 0.05) is 6.20 Å². The standard InChI is InChI=1S/C15H13NO4/c1-20-15-11(6-4-8-16-15)14(19)9-13(18)10-5-2-3-7-12(10)17/h2-8,17H,9H2,1H3. The van der Waals surface area contributed by atoms with Crippen LogP contribution in [-0.2, 0) is 0 Å². The van der Waals surface area contributed by atoms with Gasteiger partial charge in [-0.2, -0.15) is 0 Å². The van der Waals surface area contributed by atoms with Crippen LogP contribution in [-0.4, -0.2) is 28.8 Å². The van der Waals surface area contributed by atoms with Gasteiger partial charge in [0.2, 0.25) is 5.88 Å². The number of rotatable bonds is 5. The number of phenols is 1. The van der Waals surface area contributed by atoms with Crippen LogP contribution < -0.4 is 4.74 Å². The van der Waals surface area contributed by atoms with Crippen molar-refractivity contribution in [3.63, 3.8) is 0 Å². The first kappa shape index (κ1) is 13.7. The van der Waals surface area contributed by atoms with Gasteiger partial charge in [-0.1, -0.05) is 12.1 Å². The summed E-state index contributed by atoms with van der Waals surface area (Å²) in [5.41, 5.74) is 0.377. The van der Waals surface area contributed by atoms with Gasteiger partial charge in [-0.25, -0.2) is 4.98 Å². The SMILES string of the molecule is COc1ncccc1C(=O)CC(=O)c1ccccc1O. The van der Waals surface area contributed by atoms with Crippen LogP contribution in [0.5, 0.6) is 11.6 Å². The normalized spacial score (nSPS) is 10.1. The van der Waals surface area contributed by atoms with Crippen molar-refractivity contribution in [3.8, 4) is 11.6 Å². The second-order valence-electron chi connectivity index (χ2n) is 4.10. The van der Waals surface area contributed by atoms with Crippen LogP contribution in [0.4, 0.5) is 0 Å².